The number of hydrogen-bond acceptors (Lipinski definition) is 15. The van der Waals surface area contributed by atoms with Gasteiger partial charge in [0.05, 0.1) is 25.9 Å². The molecule has 0 amide bonds. The van der Waals surface area contributed by atoms with E-state index in [1.165, 1.54) is 7.11 Å². The smallest absolute Gasteiger partial charge is 0.187 e. The fourth-order valence-electron chi connectivity index (χ4n) is 4.08. The van der Waals surface area contributed by atoms with E-state index in [2.05, 4.69) is 0 Å². The summed E-state index contributed by atoms with van der Waals surface area (Å²) >= 11 is 0. The van der Waals surface area contributed by atoms with E-state index in [9.17, 15) is 46.0 Å². The van der Waals surface area contributed by atoms with Crippen LogP contribution in [-0.4, -0.2) is 159 Å². The minimum Gasteiger partial charge on any atom is -0.422 e. The van der Waals surface area contributed by atoms with E-state index in [1.807, 2.05) is 0 Å². The third kappa shape index (κ3) is 6.74. The predicted octanol–water partition coefficient (Wildman–Crippen LogP) is -6.08. The molecule has 16 heteroatoms. The van der Waals surface area contributed by atoms with Crippen LogP contribution < -0.4 is 0 Å². The molecule has 0 spiro atoms. The molecule has 14 atom stereocenters. The number of rotatable bonds is 8. The largest absolute Gasteiger partial charge is 0.422 e. The molecule has 14 unspecified atom stereocenters. The van der Waals surface area contributed by atoms with Crippen LogP contribution in [0.5, 0.6) is 0 Å². The summed E-state index contributed by atoms with van der Waals surface area (Å²) in [5.74, 6) is 0. The van der Waals surface area contributed by atoms with E-state index in [4.69, 9.17) is 28.4 Å². The molecule has 3 aliphatic heterocycles. The van der Waals surface area contributed by atoms with Gasteiger partial charge in [-0.3, -0.25) is 0 Å². The van der Waals surface area contributed by atoms with E-state index in [0.29, 0.717) is 0 Å². The van der Waals surface area contributed by atoms with Crippen molar-refractivity contribution in [1.29, 1.82) is 0 Å². The summed E-state index contributed by atoms with van der Waals surface area (Å²) in [6, 6.07) is 0. The van der Waals surface area contributed by atoms with E-state index < -0.39 is 106 Å². The fourth-order valence-corrected chi connectivity index (χ4v) is 4.08. The normalized spacial score (nSPS) is 48.9. The Morgan fingerprint density at radius 1 is 0.629 bits per heavy atom. The molecule has 3 heterocycles. The molecule has 3 fully saturated rings. The summed E-state index contributed by atoms with van der Waals surface area (Å²) in [5.41, 5.74) is 0. The number of aliphatic hydroxyl groups is 9. The van der Waals surface area contributed by atoms with Gasteiger partial charge in [-0.2, -0.15) is 0 Å². The maximum atomic E-state index is 10.6. The Labute approximate surface area is 214 Å². The first-order chi connectivity index (χ1) is 16.2. The Bertz CT molecular complexity index is 629. The van der Waals surface area contributed by atoms with Crippen molar-refractivity contribution in [3.8, 4) is 0 Å². The Balaban J connectivity index is 0.00000432. The zero-order valence-electron chi connectivity index (χ0n) is 18.6. The van der Waals surface area contributed by atoms with Crippen molar-refractivity contribution in [2.45, 2.75) is 86.0 Å². The van der Waals surface area contributed by atoms with Gasteiger partial charge < -0.3 is 74.4 Å². The summed E-state index contributed by atoms with van der Waals surface area (Å²) in [7, 11) is 1.22. The molecular formula is C19H33O15Re-. The molecule has 3 saturated heterocycles. The number of hydrogen-bond donors (Lipinski definition) is 9. The Morgan fingerprint density at radius 2 is 1.11 bits per heavy atom. The Kier molecular flexibility index (Phi) is 12.3. The van der Waals surface area contributed by atoms with Crippen molar-refractivity contribution < 1.29 is 94.8 Å². The molecule has 15 nitrogen and oxygen atoms in total. The van der Waals surface area contributed by atoms with Gasteiger partial charge in [0, 0.05) is 33.8 Å². The first kappa shape index (κ1) is 31.3. The second kappa shape index (κ2) is 13.7. The van der Waals surface area contributed by atoms with Crippen molar-refractivity contribution in [2.24, 2.45) is 0 Å². The van der Waals surface area contributed by atoms with Crippen LogP contribution in [0.15, 0.2) is 0 Å². The van der Waals surface area contributed by atoms with E-state index >= 15 is 0 Å². The molecule has 9 N–H and O–H groups in total. The summed E-state index contributed by atoms with van der Waals surface area (Å²) < 4.78 is 32.1. The Morgan fingerprint density at radius 3 is 1.63 bits per heavy atom. The minimum absolute atomic E-state index is 0. The standard InChI is InChI=1S/C19H33O15.Re/c1-29-18-14(27)12(25)17(9(5-22)31-18)34-19-15(28)13(26)16(8(4-21)32-19)33-10-2-6(23)11(24)7(3-20)30-10;/h2,6-28H,3-5H2,1H3;/q-1;. The topological polar surface area (TPSA) is 237 Å². The van der Waals surface area contributed by atoms with Crippen LogP contribution >= 0.6 is 0 Å². The zero-order chi connectivity index (χ0) is 25.2. The monoisotopic (exact) mass is 688 g/mol. The van der Waals surface area contributed by atoms with Crippen LogP contribution in [0.25, 0.3) is 0 Å². The third-order valence-electron chi connectivity index (χ3n) is 6.03. The van der Waals surface area contributed by atoms with Gasteiger partial charge in [0.15, 0.2) is 12.6 Å². The summed E-state index contributed by atoms with van der Waals surface area (Å²) in [5, 5.41) is 90.1. The van der Waals surface area contributed by atoms with E-state index in [1.54, 1.807) is 0 Å². The average Bonchev–Trinajstić information content (AvgIpc) is 2.83. The molecule has 0 aliphatic carbocycles. The molecule has 0 aromatic rings. The molecule has 0 aromatic carbocycles. The van der Waals surface area contributed by atoms with Gasteiger partial charge in [0.2, 0.25) is 0 Å². The first-order valence-electron chi connectivity index (χ1n) is 10.7. The van der Waals surface area contributed by atoms with Gasteiger partial charge >= 0.3 is 0 Å². The quantitative estimate of drug-likeness (QED) is 0.108. The third-order valence-corrected chi connectivity index (χ3v) is 6.03. The van der Waals surface area contributed by atoms with E-state index in [0.717, 1.165) is 6.42 Å². The number of aliphatic hydroxyl groups excluding tert-OH is 9. The maximum absolute atomic E-state index is 10.6. The molecule has 3 aliphatic rings. The predicted molar refractivity (Wildman–Crippen MR) is 104 cm³/mol. The van der Waals surface area contributed by atoms with E-state index in [-0.39, 0.29) is 20.4 Å². The molecular weight excluding hydrogens is 654 g/mol. The molecule has 3 rings (SSSR count). The maximum Gasteiger partial charge on any atom is 0.187 e. The Hall–Kier alpha value is 0.0623. The van der Waals surface area contributed by atoms with Crippen LogP contribution in [0.3, 0.4) is 0 Å². The van der Waals surface area contributed by atoms with Gasteiger partial charge in [-0.05, 0) is 6.10 Å². The van der Waals surface area contributed by atoms with Crippen LogP contribution in [0.4, 0.5) is 0 Å². The van der Waals surface area contributed by atoms with Crippen LogP contribution in [-0.2, 0) is 48.8 Å². The summed E-state index contributed by atoms with van der Waals surface area (Å²) in [4.78, 5) is 0. The van der Waals surface area contributed by atoms with Gasteiger partial charge in [-0.15, -0.1) is 0 Å². The first-order valence-corrected chi connectivity index (χ1v) is 10.7. The summed E-state index contributed by atoms with van der Waals surface area (Å²) in [6.45, 7) is -2.01. The van der Waals surface area contributed by atoms with Crippen molar-refractivity contribution in [1.82, 2.24) is 0 Å². The van der Waals surface area contributed by atoms with Crippen molar-refractivity contribution in [3.05, 3.63) is 6.42 Å². The van der Waals surface area contributed by atoms with Crippen LogP contribution in [0.1, 0.15) is 0 Å². The number of ether oxygens (including phenoxy) is 6. The molecule has 1 radical (unpaired) electrons. The van der Waals surface area contributed by atoms with Gasteiger partial charge in [-0.1, -0.05) is 0 Å². The minimum atomic E-state index is -1.80. The van der Waals surface area contributed by atoms with Crippen molar-refractivity contribution in [2.75, 3.05) is 26.9 Å². The average molecular weight is 688 g/mol. The molecule has 0 saturated carbocycles. The second-order valence-corrected chi connectivity index (χ2v) is 8.25. The molecule has 207 valence electrons. The zero-order valence-corrected chi connectivity index (χ0v) is 21.3. The SMILES string of the molecule is COC1OC(CO)C(OC2OC(CO)C(OC3[CH-]C(O)C(O)C(CO)O3)C(O)C2O)C(O)C1O.[Re]. The van der Waals surface area contributed by atoms with Gasteiger partial charge in [-0.25, -0.2) is 6.42 Å². The number of methoxy groups -OCH3 is 1. The van der Waals surface area contributed by atoms with Gasteiger partial charge in [0.25, 0.3) is 0 Å². The fraction of sp³-hybridized carbons (Fsp3) is 0.947. The molecule has 35 heavy (non-hydrogen) atoms. The van der Waals surface area contributed by atoms with Gasteiger partial charge in [0.1, 0.15) is 54.9 Å². The van der Waals surface area contributed by atoms with Crippen LogP contribution in [0, 0.1) is 6.42 Å². The van der Waals surface area contributed by atoms with Crippen molar-refractivity contribution >= 4 is 0 Å². The second-order valence-electron chi connectivity index (χ2n) is 8.25. The molecule has 0 aromatic heterocycles. The van der Waals surface area contributed by atoms with Crippen LogP contribution in [0.2, 0.25) is 0 Å². The molecule has 0 bridgehead atoms. The van der Waals surface area contributed by atoms with Crippen molar-refractivity contribution in [3.63, 3.8) is 0 Å². The summed E-state index contributed by atoms with van der Waals surface area (Å²) in [6.07, 6.45) is -19.2.